The first kappa shape index (κ1) is 21.6. The number of hydrogen-bond acceptors (Lipinski definition) is 5. The number of carbonyl (C=O) groups excluding carboxylic acids is 2. The second-order valence-electron chi connectivity index (χ2n) is 7.04. The molecule has 0 fully saturated rings. The van der Waals surface area contributed by atoms with E-state index in [2.05, 4.69) is 0 Å². The number of hydrogen-bond donors (Lipinski definition) is 0. The molecule has 1 amide bonds. The van der Waals surface area contributed by atoms with Crippen LogP contribution in [0.5, 0.6) is 0 Å². The Morgan fingerprint density at radius 1 is 1.13 bits per heavy atom. The molecule has 0 radical (unpaired) electrons. The topological polar surface area (TPSA) is 65.1 Å². The van der Waals surface area contributed by atoms with E-state index in [9.17, 15) is 14.0 Å². The summed E-state index contributed by atoms with van der Waals surface area (Å²) in [5, 5.41) is 0. The number of alkyl halides is 1. The van der Waals surface area contributed by atoms with E-state index in [-0.39, 0.29) is 13.0 Å². The third kappa shape index (κ3) is 10.1. The van der Waals surface area contributed by atoms with Gasteiger partial charge in [0.25, 0.3) is 0 Å². The summed E-state index contributed by atoms with van der Waals surface area (Å²) in [5.74, 6) is -0.653. The molecule has 0 aliphatic carbocycles. The summed E-state index contributed by atoms with van der Waals surface area (Å²) in [6.45, 7) is 8.45. The number of esters is 1. The van der Waals surface area contributed by atoms with Crippen LogP contribution in [0.3, 0.4) is 0 Å². The van der Waals surface area contributed by atoms with E-state index >= 15 is 0 Å². The van der Waals surface area contributed by atoms with Crippen LogP contribution in [-0.2, 0) is 19.0 Å². The van der Waals surface area contributed by atoms with Crippen LogP contribution in [0.25, 0.3) is 0 Å². The van der Waals surface area contributed by atoms with Gasteiger partial charge in [0, 0.05) is 33.6 Å². The number of ether oxygens (including phenoxy) is 3. The summed E-state index contributed by atoms with van der Waals surface area (Å²) in [7, 11) is 2.95. The van der Waals surface area contributed by atoms with E-state index in [4.69, 9.17) is 14.2 Å². The number of amides is 1. The monoisotopic (exact) mass is 335 g/mol. The Balaban J connectivity index is 4.91. The Labute approximate surface area is 138 Å². The first-order valence-electron chi connectivity index (χ1n) is 7.67. The number of halogens is 1. The molecule has 0 heterocycles. The van der Waals surface area contributed by atoms with Crippen molar-refractivity contribution in [3.05, 3.63) is 0 Å². The van der Waals surface area contributed by atoms with Crippen LogP contribution in [0.1, 0.15) is 47.5 Å². The van der Waals surface area contributed by atoms with Gasteiger partial charge in [-0.25, -0.2) is 14.0 Å². The molecule has 0 aromatic rings. The Bertz CT molecular complexity index is 387. The lowest BCUT2D eigenvalue weighted by Gasteiger charge is -2.31. The predicted molar refractivity (Wildman–Crippen MR) is 85.0 cm³/mol. The Morgan fingerprint density at radius 2 is 1.70 bits per heavy atom. The highest BCUT2D eigenvalue weighted by molar-refractivity contribution is 5.81. The third-order valence-electron chi connectivity index (χ3n) is 2.84. The molecule has 0 rings (SSSR count). The van der Waals surface area contributed by atoms with E-state index in [1.165, 1.54) is 20.9 Å². The molecule has 0 N–H and O–H groups in total. The molecule has 0 saturated heterocycles. The van der Waals surface area contributed by atoms with Gasteiger partial charge in [-0.15, -0.1) is 0 Å². The third-order valence-corrected chi connectivity index (χ3v) is 2.84. The smallest absolute Gasteiger partial charge is 0.410 e. The van der Waals surface area contributed by atoms with E-state index in [1.54, 1.807) is 27.9 Å². The number of methoxy groups -OCH3 is 1. The zero-order valence-electron chi connectivity index (χ0n) is 15.3. The molecule has 1 atom stereocenters. The summed E-state index contributed by atoms with van der Waals surface area (Å²) in [6.07, 6.45) is -0.337. The Kier molecular flexibility index (Phi) is 8.52. The molecule has 0 aromatic heterocycles. The summed E-state index contributed by atoms with van der Waals surface area (Å²) >= 11 is 0. The number of likely N-dealkylation sites (N-methyl/N-ethyl adjacent to an activating group) is 1. The fourth-order valence-electron chi connectivity index (χ4n) is 1.77. The molecule has 1 unspecified atom stereocenters. The first-order chi connectivity index (χ1) is 10.4. The summed E-state index contributed by atoms with van der Waals surface area (Å²) in [6, 6.07) is -1.05. The van der Waals surface area contributed by atoms with Crippen molar-refractivity contribution < 1.29 is 28.2 Å². The summed E-state index contributed by atoms with van der Waals surface area (Å²) < 4.78 is 29.2. The minimum atomic E-state index is -1.63. The minimum Gasteiger partial charge on any atom is -0.464 e. The maximum atomic E-state index is 14.0. The number of rotatable bonds is 8. The van der Waals surface area contributed by atoms with Gasteiger partial charge >= 0.3 is 12.1 Å². The van der Waals surface area contributed by atoms with Crippen molar-refractivity contribution in [1.82, 2.24) is 4.90 Å². The molecular weight excluding hydrogens is 305 g/mol. The van der Waals surface area contributed by atoms with Crippen LogP contribution >= 0.6 is 0 Å². The zero-order valence-corrected chi connectivity index (χ0v) is 15.3. The second-order valence-corrected chi connectivity index (χ2v) is 7.04. The molecule has 0 bridgehead atoms. The molecule has 0 spiro atoms. The first-order valence-corrected chi connectivity index (χ1v) is 7.67. The highest BCUT2D eigenvalue weighted by atomic mass is 19.1. The molecule has 23 heavy (non-hydrogen) atoms. The molecule has 0 aromatic carbocycles. The van der Waals surface area contributed by atoms with E-state index in [1.807, 2.05) is 0 Å². The van der Waals surface area contributed by atoms with E-state index in [0.29, 0.717) is 13.0 Å². The Hall–Kier alpha value is -1.37. The standard InChI is InChI=1S/C16H30FNO5/c1-15(2,3)23-14(20)18(6)12(11-16(4,5)17)13(19)22-10-8-9-21-7/h12H,8-11H2,1-7H3. The van der Waals surface area contributed by atoms with E-state index < -0.39 is 29.4 Å². The van der Waals surface area contributed by atoms with Gasteiger partial charge in [-0.1, -0.05) is 0 Å². The number of carbonyl (C=O) groups is 2. The fourth-order valence-corrected chi connectivity index (χ4v) is 1.77. The van der Waals surface area contributed by atoms with Crippen molar-refractivity contribution in [2.45, 2.75) is 64.8 Å². The van der Waals surface area contributed by atoms with E-state index in [0.717, 1.165) is 4.90 Å². The highest BCUT2D eigenvalue weighted by Gasteiger charge is 2.36. The van der Waals surface area contributed by atoms with Crippen molar-refractivity contribution in [3.8, 4) is 0 Å². The molecule has 0 saturated carbocycles. The summed E-state index contributed by atoms with van der Waals surface area (Å²) in [4.78, 5) is 25.4. The van der Waals surface area contributed by atoms with Crippen LogP contribution in [0.15, 0.2) is 0 Å². The van der Waals surface area contributed by atoms with Gasteiger partial charge in [0.05, 0.1) is 6.61 Å². The largest absolute Gasteiger partial charge is 0.464 e. The van der Waals surface area contributed by atoms with Crippen LogP contribution < -0.4 is 0 Å². The average molecular weight is 335 g/mol. The molecule has 0 aliphatic heterocycles. The average Bonchev–Trinajstić information content (AvgIpc) is 2.37. The molecule has 0 aliphatic rings. The maximum absolute atomic E-state index is 14.0. The zero-order chi connectivity index (χ0) is 18.3. The van der Waals surface area contributed by atoms with Gasteiger partial charge in [0.1, 0.15) is 17.3 Å². The van der Waals surface area contributed by atoms with Crippen molar-refractivity contribution in [2.75, 3.05) is 27.4 Å². The maximum Gasteiger partial charge on any atom is 0.410 e. The van der Waals surface area contributed by atoms with Crippen molar-refractivity contribution in [3.63, 3.8) is 0 Å². The van der Waals surface area contributed by atoms with Crippen LogP contribution in [0.4, 0.5) is 9.18 Å². The fraction of sp³-hybridized carbons (Fsp3) is 0.875. The predicted octanol–water partition coefficient (Wildman–Crippen LogP) is 2.94. The molecule has 7 heteroatoms. The minimum absolute atomic E-state index is 0.151. The summed E-state index contributed by atoms with van der Waals surface area (Å²) in [5.41, 5.74) is -2.34. The molecule has 136 valence electrons. The van der Waals surface area contributed by atoms with Crippen molar-refractivity contribution >= 4 is 12.1 Å². The number of nitrogens with zero attached hydrogens (tertiary/aromatic N) is 1. The molecular formula is C16H30FNO5. The van der Waals surface area contributed by atoms with Gasteiger partial charge < -0.3 is 14.2 Å². The lowest BCUT2D eigenvalue weighted by Crippen LogP contribution is -2.48. The SMILES string of the molecule is COCCCOC(=O)C(CC(C)(C)F)N(C)C(=O)OC(C)(C)C. The Morgan fingerprint density at radius 3 is 2.13 bits per heavy atom. The van der Waals surface area contributed by atoms with Crippen LogP contribution in [0.2, 0.25) is 0 Å². The second kappa shape index (κ2) is 9.05. The lowest BCUT2D eigenvalue weighted by molar-refractivity contribution is -0.151. The van der Waals surface area contributed by atoms with Crippen molar-refractivity contribution in [1.29, 1.82) is 0 Å². The normalized spacial score (nSPS) is 13.4. The van der Waals surface area contributed by atoms with Gasteiger partial charge in [-0.05, 0) is 34.6 Å². The highest BCUT2D eigenvalue weighted by Crippen LogP contribution is 2.22. The van der Waals surface area contributed by atoms with Crippen molar-refractivity contribution in [2.24, 2.45) is 0 Å². The molecule has 6 nitrogen and oxygen atoms in total. The van der Waals surface area contributed by atoms with Crippen LogP contribution in [0, 0.1) is 0 Å². The van der Waals surface area contributed by atoms with Gasteiger partial charge in [-0.3, -0.25) is 4.90 Å². The van der Waals surface area contributed by atoms with Gasteiger partial charge in [0.15, 0.2) is 0 Å². The quantitative estimate of drug-likeness (QED) is 0.504. The van der Waals surface area contributed by atoms with Gasteiger partial charge in [0.2, 0.25) is 0 Å². The van der Waals surface area contributed by atoms with Crippen LogP contribution in [-0.4, -0.2) is 61.6 Å². The lowest BCUT2D eigenvalue weighted by atomic mass is 10.00. The van der Waals surface area contributed by atoms with Gasteiger partial charge in [-0.2, -0.15) is 0 Å².